The molecule has 5 nitrogen and oxygen atoms in total. The Hall–Kier alpha value is -1.62. The molecule has 1 aliphatic carbocycles. The molecule has 6 heteroatoms. The summed E-state index contributed by atoms with van der Waals surface area (Å²) in [7, 11) is 0. The third kappa shape index (κ3) is 4.76. The van der Waals surface area contributed by atoms with Crippen molar-refractivity contribution < 1.29 is 4.74 Å². The van der Waals surface area contributed by atoms with E-state index in [2.05, 4.69) is 4.98 Å². The van der Waals surface area contributed by atoms with Crippen LogP contribution in [0.5, 0.6) is 0 Å². The predicted octanol–water partition coefficient (Wildman–Crippen LogP) is 1.31. The molecule has 1 N–H and O–H groups in total. The standard InChI is InChI=1S/C20H26N2O3Se/c1-2-17-18(23)21-20(24)22(14-25-13-15-9-5-3-6-10-15)19(17)26-16-11-7-4-8-12-16/h4,7-8,11-12,15H,2-3,5-6,9-10,13-14H2,1H3,(H,21,23,24). The zero-order chi connectivity index (χ0) is 18.4. The molecule has 26 heavy (non-hydrogen) atoms. The fraction of sp³-hybridized carbons (Fsp3) is 0.500. The molecule has 0 aliphatic heterocycles. The molecule has 2 aromatic rings. The zero-order valence-electron chi connectivity index (χ0n) is 15.2. The van der Waals surface area contributed by atoms with Gasteiger partial charge in [0, 0.05) is 0 Å². The quantitative estimate of drug-likeness (QED) is 0.686. The molecular formula is C20H26N2O3Se. The van der Waals surface area contributed by atoms with E-state index in [0.717, 1.165) is 9.05 Å². The van der Waals surface area contributed by atoms with Crippen molar-refractivity contribution in [2.45, 2.75) is 52.2 Å². The summed E-state index contributed by atoms with van der Waals surface area (Å²) in [4.78, 5) is 27.1. The Morgan fingerprint density at radius 3 is 2.58 bits per heavy atom. The first-order chi connectivity index (χ1) is 12.7. The van der Waals surface area contributed by atoms with E-state index in [9.17, 15) is 9.59 Å². The molecule has 3 rings (SSSR count). The van der Waals surface area contributed by atoms with Gasteiger partial charge in [-0.05, 0) is 0 Å². The Bertz CT molecular complexity index is 823. The summed E-state index contributed by atoms with van der Waals surface area (Å²) in [5, 5.41) is 0. The first kappa shape index (κ1) is 19.1. The summed E-state index contributed by atoms with van der Waals surface area (Å²) in [6.07, 6.45) is 6.88. The fourth-order valence-corrected chi connectivity index (χ4v) is 5.76. The second-order valence-electron chi connectivity index (χ2n) is 6.74. The number of rotatable bonds is 7. The summed E-state index contributed by atoms with van der Waals surface area (Å²) in [5.74, 6) is 0.593. The molecule has 140 valence electrons. The molecular weight excluding hydrogens is 395 g/mol. The average molecular weight is 421 g/mol. The number of H-pyrrole nitrogens is 1. The molecule has 0 bridgehead atoms. The Balaban J connectivity index is 1.82. The van der Waals surface area contributed by atoms with Gasteiger partial charge in [-0.2, -0.15) is 0 Å². The van der Waals surface area contributed by atoms with Crippen LogP contribution in [0.2, 0.25) is 0 Å². The summed E-state index contributed by atoms with van der Waals surface area (Å²) in [5.41, 5.74) is 0.0483. The van der Waals surface area contributed by atoms with Crippen molar-refractivity contribution >= 4 is 24.0 Å². The van der Waals surface area contributed by atoms with Crippen molar-refractivity contribution in [3.8, 4) is 0 Å². The van der Waals surface area contributed by atoms with E-state index < -0.39 is 0 Å². The molecule has 1 fully saturated rings. The van der Waals surface area contributed by atoms with E-state index in [4.69, 9.17) is 4.74 Å². The van der Waals surface area contributed by atoms with Gasteiger partial charge < -0.3 is 0 Å². The molecule has 0 atom stereocenters. The molecule has 1 aromatic carbocycles. The third-order valence-corrected chi connectivity index (χ3v) is 7.30. The number of nitrogens with zero attached hydrogens (tertiary/aromatic N) is 1. The van der Waals surface area contributed by atoms with E-state index in [1.165, 1.54) is 32.1 Å². The average Bonchev–Trinajstić information content (AvgIpc) is 2.66. The van der Waals surface area contributed by atoms with Crippen LogP contribution in [0, 0.1) is 5.92 Å². The molecule has 1 aliphatic rings. The van der Waals surface area contributed by atoms with Crippen LogP contribution in [0.3, 0.4) is 0 Å². The number of aromatic nitrogens is 2. The summed E-state index contributed by atoms with van der Waals surface area (Å²) in [6.45, 7) is 2.85. The first-order valence-corrected chi connectivity index (χ1v) is 11.1. The van der Waals surface area contributed by atoms with E-state index >= 15 is 0 Å². The Labute approximate surface area is 159 Å². The van der Waals surface area contributed by atoms with Gasteiger partial charge in [-0.15, -0.1) is 0 Å². The molecule has 1 aromatic heterocycles. The van der Waals surface area contributed by atoms with Crippen molar-refractivity contribution in [1.29, 1.82) is 0 Å². The van der Waals surface area contributed by atoms with E-state index in [1.807, 2.05) is 37.3 Å². The number of hydrogen-bond acceptors (Lipinski definition) is 3. The first-order valence-electron chi connectivity index (χ1n) is 9.35. The van der Waals surface area contributed by atoms with Crippen LogP contribution in [-0.2, 0) is 17.9 Å². The number of ether oxygens (including phenoxy) is 1. The van der Waals surface area contributed by atoms with Gasteiger partial charge in [-0.25, -0.2) is 0 Å². The van der Waals surface area contributed by atoms with Crippen molar-refractivity contribution in [2.75, 3.05) is 6.61 Å². The van der Waals surface area contributed by atoms with Crippen LogP contribution < -0.4 is 20.3 Å². The van der Waals surface area contributed by atoms with Gasteiger partial charge in [0.05, 0.1) is 0 Å². The fourth-order valence-electron chi connectivity index (χ4n) is 3.40. The van der Waals surface area contributed by atoms with E-state index in [1.54, 1.807) is 4.57 Å². The molecule has 0 unspecified atom stereocenters. The Kier molecular flexibility index (Phi) is 6.89. The summed E-state index contributed by atoms with van der Waals surface area (Å²) >= 11 is -0.117. The maximum atomic E-state index is 12.4. The second-order valence-corrected chi connectivity index (χ2v) is 8.97. The molecule has 0 saturated heterocycles. The van der Waals surface area contributed by atoms with Crippen LogP contribution in [-0.4, -0.2) is 31.1 Å². The van der Waals surface area contributed by atoms with Gasteiger partial charge in [0.1, 0.15) is 0 Å². The van der Waals surface area contributed by atoms with Gasteiger partial charge in [-0.3, -0.25) is 0 Å². The molecule has 0 amide bonds. The van der Waals surface area contributed by atoms with Crippen LogP contribution in [0.1, 0.15) is 44.6 Å². The maximum absolute atomic E-state index is 12.4. The van der Waals surface area contributed by atoms with Gasteiger partial charge in [0.2, 0.25) is 0 Å². The number of nitrogens with one attached hydrogen (secondary N) is 1. The molecule has 0 spiro atoms. The number of hydrogen-bond donors (Lipinski definition) is 1. The molecule has 1 saturated carbocycles. The van der Waals surface area contributed by atoms with Gasteiger partial charge in [0.15, 0.2) is 0 Å². The van der Waals surface area contributed by atoms with Crippen LogP contribution in [0.4, 0.5) is 0 Å². The number of benzene rings is 1. The van der Waals surface area contributed by atoms with Crippen molar-refractivity contribution in [2.24, 2.45) is 5.92 Å². The SMILES string of the molecule is CCc1c([Se]c2ccccc2)n(COCC2CCCCC2)c(=O)[nH]c1=O. The minimum absolute atomic E-state index is 0.117. The predicted molar refractivity (Wildman–Crippen MR) is 105 cm³/mol. The molecule has 1 heterocycles. The van der Waals surface area contributed by atoms with Gasteiger partial charge in [-0.1, -0.05) is 0 Å². The van der Waals surface area contributed by atoms with Crippen molar-refractivity contribution in [3.05, 3.63) is 56.7 Å². The van der Waals surface area contributed by atoms with E-state index in [0.29, 0.717) is 24.5 Å². The normalized spacial score (nSPS) is 15.3. The summed E-state index contributed by atoms with van der Waals surface area (Å²) < 4.78 is 9.49. The topological polar surface area (TPSA) is 64.1 Å². The van der Waals surface area contributed by atoms with Crippen LogP contribution in [0.25, 0.3) is 0 Å². The monoisotopic (exact) mass is 422 g/mol. The van der Waals surface area contributed by atoms with Crippen molar-refractivity contribution in [3.63, 3.8) is 0 Å². The van der Waals surface area contributed by atoms with Crippen molar-refractivity contribution in [1.82, 2.24) is 9.55 Å². The number of aromatic amines is 1. The third-order valence-electron chi connectivity index (χ3n) is 4.85. The van der Waals surface area contributed by atoms with E-state index in [-0.39, 0.29) is 32.9 Å². The van der Waals surface area contributed by atoms with Crippen LogP contribution >= 0.6 is 0 Å². The zero-order valence-corrected chi connectivity index (χ0v) is 16.9. The Morgan fingerprint density at radius 2 is 1.88 bits per heavy atom. The van der Waals surface area contributed by atoms with Gasteiger partial charge >= 0.3 is 160 Å². The minimum atomic E-state index is -0.372. The second kappa shape index (κ2) is 9.35. The Morgan fingerprint density at radius 1 is 1.15 bits per heavy atom. The molecule has 0 radical (unpaired) electrons. The summed E-state index contributed by atoms with van der Waals surface area (Å²) in [6, 6.07) is 10.0. The van der Waals surface area contributed by atoms with Crippen LogP contribution in [0.15, 0.2) is 39.9 Å². The van der Waals surface area contributed by atoms with Gasteiger partial charge in [0.25, 0.3) is 0 Å².